The van der Waals surface area contributed by atoms with E-state index in [0.29, 0.717) is 43.0 Å². The molecule has 1 aliphatic heterocycles. The number of rotatable bonds is 6. The summed E-state index contributed by atoms with van der Waals surface area (Å²) >= 11 is 5.87. The Kier molecular flexibility index (Phi) is 7.88. The number of piperidine rings is 1. The van der Waals surface area contributed by atoms with Crippen molar-refractivity contribution >= 4 is 23.2 Å². The lowest BCUT2D eigenvalue weighted by molar-refractivity contribution is -0.131. The van der Waals surface area contributed by atoms with Gasteiger partial charge in [0.2, 0.25) is 5.91 Å². The van der Waals surface area contributed by atoms with Gasteiger partial charge in [-0.3, -0.25) is 4.79 Å². The van der Waals surface area contributed by atoms with E-state index in [0.717, 1.165) is 17.8 Å². The predicted molar refractivity (Wildman–Crippen MR) is 130 cm³/mol. The first-order chi connectivity index (χ1) is 17.2. The molecule has 188 valence electrons. The molecule has 6 nitrogen and oxygen atoms in total. The zero-order valence-electron chi connectivity index (χ0n) is 19.8. The predicted octanol–water partition coefficient (Wildman–Crippen LogP) is 5.61. The van der Waals surface area contributed by atoms with E-state index < -0.39 is 17.5 Å². The number of amides is 1. The second-order valence-electron chi connectivity index (χ2n) is 8.62. The van der Waals surface area contributed by atoms with Crippen LogP contribution in [0.15, 0.2) is 47.8 Å². The van der Waals surface area contributed by atoms with Crippen LogP contribution in [0.2, 0.25) is 5.02 Å². The molecule has 2 heterocycles. The molecule has 0 aliphatic carbocycles. The average Bonchev–Trinajstić information content (AvgIpc) is 2.84. The third-order valence-electron chi connectivity index (χ3n) is 6.08. The highest BCUT2D eigenvalue weighted by atomic mass is 35.5. The number of carbonyl (C=O) groups excluding carboxylic acids is 1. The largest absolute Gasteiger partial charge is 0.357 e. The van der Waals surface area contributed by atoms with Crippen molar-refractivity contribution in [2.45, 2.75) is 39.0 Å². The minimum atomic E-state index is -0.725. The number of nitrogens with zero attached hydrogens (tertiary/aromatic N) is 4. The topological polar surface area (TPSA) is 67.7 Å². The van der Waals surface area contributed by atoms with Gasteiger partial charge in [0.1, 0.15) is 23.3 Å². The highest BCUT2D eigenvalue weighted by Gasteiger charge is 2.28. The van der Waals surface area contributed by atoms with E-state index in [1.165, 1.54) is 24.3 Å². The summed E-state index contributed by atoms with van der Waals surface area (Å²) in [5, 5.41) is 4.31. The van der Waals surface area contributed by atoms with Crippen LogP contribution < -0.4 is 4.84 Å². The fourth-order valence-electron chi connectivity index (χ4n) is 4.20. The molecule has 0 saturated carbocycles. The standard InChI is InChI=1S/C26H24ClF3N4O2/c1-15(33-36-20-11-18(27)10-19(28)12-20)22-14-31-16(2)32-26(22)17-6-8-34(9-7-17)25(35)13-21-23(29)4-3-5-24(21)30/h3-5,10-12,14,17H,6-9,13H2,1-2H3. The summed E-state index contributed by atoms with van der Waals surface area (Å²) in [6, 6.07) is 7.36. The van der Waals surface area contributed by atoms with E-state index in [2.05, 4.69) is 15.1 Å². The van der Waals surface area contributed by atoms with Crippen molar-refractivity contribution in [1.29, 1.82) is 0 Å². The first-order valence-electron chi connectivity index (χ1n) is 11.4. The van der Waals surface area contributed by atoms with Crippen LogP contribution in [0.1, 0.15) is 48.3 Å². The van der Waals surface area contributed by atoms with E-state index in [1.807, 2.05) is 0 Å². The molecule has 1 saturated heterocycles. The zero-order valence-corrected chi connectivity index (χ0v) is 20.5. The number of hydrogen-bond acceptors (Lipinski definition) is 5. The minimum absolute atomic E-state index is 0.0183. The van der Waals surface area contributed by atoms with E-state index in [-0.39, 0.29) is 34.6 Å². The SMILES string of the molecule is CC(=NOc1cc(F)cc(Cl)c1)c1cnc(C)nc1C1CCN(C(=O)Cc2c(F)cccc2F)CC1. The van der Waals surface area contributed by atoms with Crippen molar-refractivity contribution < 1.29 is 22.8 Å². The molecule has 4 rings (SSSR count). The van der Waals surface area contributed by atoms with Crippen LogP contribution in [0.4, 0.5) is 13.2 Å². The Labute approximate surface area is 211 Å². The van der Waals surface area contributed by atoms with Crippen molar-refractivity contribution in [3.63, 3.8) is 0 Å². The van der Waals surface area contributed by atoms with Gasteiger partial charge < -0.3 is 9.74 Å². The molecule has 0 spiro atoms. The molecule has 3 aromatic rings. The first-order valence-corrected chi connectivity index (χ1v) is 11.8. The van der Waals surface area contributed by atoms with E-state index in [4.69, 9.17) is 16.4 Å². The van der Waals surface area contributed by atoms with Gasteiger partial charge in [-0.05, 0) is 44.9 Å². The zero-order chi connectivity index (χ0) is 25.8. The third kappa shape index (κ3) is 6.02. The smallest absolute Gasteiger partial charge is 0.227 e. The van der Waals surface area contributed by atoms with Crippen LogP contribution >= 0.6 is 11.6 Å². The van der Waals surface area contributed by atoms with Crippen LogP contribution in [-0.2, 0) is 11.2 Å². The van der Waals surface area contributed by atoms with E-state index in [9.17, 15) is 18.0 Å². The van der Waals surface area contributed by atoms with Crippen LogP contribution in [-0.4, -0.2) is 39.6 Å². The lowest BCUT2D eigenvalue weighted by Crippen LogP contribution is -2.39. The maximum absolute atomic E-state index is 14.0. The molecule has 1 amide bonds. The Bertz CT molecular complexity index is 1270. The number of halogens is 4. The molecule has 0 bridgehead atoms. The monoisotopic (exact) mass is 516 g/mol. The quantitative estimate of drug-likeness (QED) is 0.315. The summed E-state index contributed by atoms with van der Waals surface area (Å²) in [5.74, 6) is -1.54. The summed E-state index contributed by atoms with van der Waals surface area (Å²) in [5.41, 5.74) is 1.74. The molecule has 1 aromatic heterocycles. The highest BCUT2D eigenvalue weighted by molar-refractivity contribution is 6.30. The van der Waals surface area contributed by atoms with Crippen molar-refractivity contribution in [2.75, 3.05) is 13.1 Å². The van der Waals surface area contributed by atoms with Gasteiger partial charge in [-0.25, -0.2) is 23.1 Å². The van der Waals surface area contributed by atoms with Crippen LogP contribution in [0.5, 0.6) is 5.75 Å². The summed E-state index contributed by atoms with van der Waals surface area (Å²) in [4.78, 5) is 28.6. The van der Waals surface area contributed by atoms with Gasteiger partial charge in [-0.15, -0.1) is 0 Å². The summed E-state index contributed by atoms with van der Waals surface area (Å²) < 4.78 is 41.5. The summed E-state index contributed by atoms with van der Waals surface area (Å²) in [6.07, 6.45) is 2.57. The van der Waals surface area contributed by atoms with Crippen molar-refractivity contribution in [2.24, 2.45) is 5.16 Å². The van der Waals surface area contributed by atoms with Gasteiger partial charge in [0.05, 0.1) is 17.8 Å². The molecule has 0 N–H and O–H groups in total. The average molecular weight is 517 g/mol. The number of benzene rings is 2. The minimum Gasteiger partial charge on any atom is -0.357 e. The van der Waals surface area contributed by atoms with Crippen molar-refractivity contribution in [3.05, 3.63) is 87.7 Å². The Balaban J connectivity index is 1.46. The fraction of sp³-hybridized carbons (Fsp3) is 0.308. The lowest BCUT2D eigenvalue weighted by atomic mass is 9.89. The van der Waals surface area contributed by atoms with Gasteiger partial charge in [0.25, 0.3) is 0 Å². The Hall–Kier alpha value is -3.46. The maximum Gasteiger partial charge on any atom is 0.227 e. The van der Waals surface area contributed by atoms with Crippen LogP contribution in [0.25, 0.3) is 0 Å². The number of aromatic nitrogens is 2. The summed E-state index contributed by atoms with van der Waals surface area (Å²) in [6.45, 7) is 4.37. The highest BCUT2D eigenvalue weighted by Crippen LogP contribution is 2.30. The van der Waals surface area contributed by atoms with E-state index in [1.54, 1.807) is 24.9 Å². The molecular weight excluding hydrogens is 493 g/mol. The molecule has 0 unspecified atom stereocenters. The second kappa shape index (κ2) is 11.1. The van der Waals surface area contributed by atoms with Gasteiger partial charge in [0.15, 0.2) is 5.75 Å². The Morgan fingerprint density at radius 1 is 1.17 bits per heavy atom. The molecule has 10 heteroatoms. The molecule has 2 aromatic carbocycles. The number of carbonyl (C=O) groups is 1. The molecule has 1 fully saturated rings. The number of hydrogen-bond donors (Lipinski definition) is 0. The number of oxime groups is 1. The molecule has 1 aliphatic rings. The van der Waals surface area contributed by atoms with Gasteiger partial charge >= 0.3 is 0 Å². The summed E-state index contributed by atoms with van der Waals surface area (Å²) in [7, 11) is 0. The maximum atomic E-state index is 14.0. The van der Waals surface area contributed by atoms with Crippen LogP contribution in [0, 0.1) is 24.4 Å². The Morgan fingerprint density at radius 3 is 2.53 bits per heavy atom. The Morgan fingerprint density at radius 2 is 1.86 bits per heavy atom. The molecular formula is C26H24ClF3N4O2. The third-order valence-corrected chi connectivity index (χ3v) is 6.29. The molecule has 0 atom stereocenters. The van der Waals surface area contributed by atoms with Gasteiger partial charge in [0, 0.05) is 53.5 Å². The number of aryl methyl sites for hydroxylation is 1. The first kappa shape index (κ1) is 25.6. The van der Waals surface area contributed by atoms with Crippen LogP contribution in [0.3, 0.4) is 0 Å². The van der Waals surface area contributed by atoms with Crippen molar-refractivity contribution in [1.82, 2.24) is 14.9 Å². The van der Waals surface area contributed by atoms with Gasteiger partial charge in [-0.2, -0.15) is 0 Å². The molecule has 36 heavy (non-hydrogen) atoms. The lowest BCUT2D eigenvalue weighted by Gasteiger charge is -2.32. The number of likely N-dealkylation sites (tertiary alicyclic amines) is 1. The van der Waals surface area contributed by atoms with Gasteiger partial charge in [-0.1, -0.05) is 22.8 Å². The molecule has 0 radical (unpaired) electrons. The normalized spacial score (nSPS) is 14.7. The van der Waals surface area contributed by atoms with Crippen molar-refractivity contribution in [3.8, 4) is 5.75 Å². The fourth-order valence-corrected chi connectivity index (χ4v) is 4.41. The second-order valence-corrected chi connectivity index (χ2v) is 9.06. The van der Waals surface area contributed by atoms with E-state index >= 15 is 0 Å².